The third-order valence-electron chi connectivity index (χ3n) is 3.06. The van der Waals surface area contributed by atoms with Gasteiger partial charge >= 0.3 is 0 Å². The maximum absolute atomic E-state index is 11.7. The molecule has 0 bridgehead atoms. The standard InChI is InChI=1S/C14H12N2O/c15-11-8-13-10(14(11)17)6-7-12(16-13)9-4-2-1-3-5-9/h1-7,11H,8,15H2. The number of hydrogen-bond acceptors (Lipinski definition) is 3. The minimum absolute atomic E-state index is 0.00658. The molecule has 2 aromatic rings. The van der Waals surface area contributed by atoms with Gasteiger partial charge in [-0.2, -0.15) is 0 Å². The Kier molecular flexibility index (Phi) is 2.27. The van der Waals surface area contributed by atoms with Crippen LogP contribution in [0.25, 0.3) is 11.3 Å². The number of benzene rings is 1. The van der Waals surface area contributed by atoms with Crippen molar-refractivity contribution in [2.75, 3.05) is 0 Å². The second-order valence-electron chi connectivity index (χ2n) is 4.23. The van der Waals surface area contributed by atoms with E-state index in [0.717, 1.165) is 17.0 Å². The van der Waals surface area contributed by atoms with Gasteiger partial charge in [0.15, 0.2) is 5.78 Å². The van der Waals surface area contributed by atoms with Gasteiger partial charge in [0.25, 0.3) is 0 Å². The molecule has 17 heavy (non-hydrogen) atoms. The molecule has 1 heterocycles. The van der Waals surface area contributed by atoms with Gasteiger partial charge in [-0.15, -0.1) is 0 Å². The van der Waals surface area contributed by atoms with Crippen LogP contribution >= 0.6 is 0 Å². The number of ketones is 1. The molecule has 1 atom stereocenters. The Labute approximate surface area is 99.3 Å². The fraction of sp³-hybridized carbons (Fsp3) is 0.143. The summed E-state index contributed by atoms with van der Waals surface area (Å²) in [4.78, 5) is 16.2. The van der Waals surface area contributed by atoms with Gasteiger partial charge in [-0.3, -0.25) is 9.78 Å². The number of carbonyl (C=O) groups is 1. The number of rotatable bonds is 1. The van der Waals surface area contributed by atoms with E-state index >= 15 is 0 Å². The third-order valence-corrected chi connectivity index (χ3v) is 3.06. The first-order chi connectivity index (χ1) is 8.25. The molecule has 3 rings (SSSR count). The van der Waals surface area contributed by atoms with Gasteiger partial charge in [0.2, 0.25) is 0 Å². The van der Waals surface area contributed by atoms with E-state index in [0.29, 0.717) is 12.0 Å². The fourth-order valence-corrected chi connectivity index (χ4v) is 2.15. The van der Waals surface area contributed by atoms with Crippen molar-refractivity contribution in [2.45, 2.75) is 12.5 Å². The maximum Gasteiger partial charge on any atom is 0.181 e. The van der Waals surface area contributed by atoms with E-state index in [9.17, 15) is 4.79 Å². The quantitative estimate of drug-likeness (QED) is 0.803. The highest BCUT2D eigenvalue weighted by molar-refractivity contribution is 6.04. The van der Waals surface area contributed by atoms with Crippen LogP contribution in [-0.4, -0.2) is 16.8 Å². The third kappa shape index (κ3) is 1.65. The van der Waals surface area contributed by atoms with Crippen LogP contribution in [0.3, 0.4) is 0 Å². The topological polar surface area (TPSA) is 56.0 Å². The molecule has 2 N–H and O–H groups in total. The summed E-state index contributed by atoms with van der Waals surface area (Å²) in [6.07, 6.45) is 0.550. The van der Waals surface area contributed by atoms with E-state index in [1.807, 2.05) is 42.5 Å². The Balaban J connectivity index is 2.07. The molecule has 1 aromatic heterocycles. The molecule has 0 spiro atoms. The van der Waals surface area contributed by atoms with Crippen molar-refractivity contribution in [1.29, 1.82) is 0 Å². The number of fused-ring (bicyclic) bond motifs is 1. The average molecular weight is 224 g/mol. The SMILES string of the molecule is NC1Cc2nc(-c3ccccc3)ccc2C1=O. The minimum Gasteiger partial charge on any atom is -0.321 e. The molecule has 0 radical (unpaired) electrons. The molecule has 1 aliphatic carbocycles. The van der Waals surface area contributed by atoms with Crippen molar-refractivity contribution >= 4 is 5.78 Å². The number of pyridine rings is 1. The first-order valence-electron chi connectivity index (χ1n) is 5.61. The van der Waals surface area contributed by atoms with Crippen LogP contribution in [0.4, 0.5) is 0 Å². The maximum atomic E-state index is 11.7. The van der Waals surface area contributed by atoms with E-state index in [4.69, 9.17) is 5.73 Å². The lowest BCUT2D eigenvalue weighted by atomic mass is 10.1. The van der Waals surface area contributed by atoms with E-state index in [1.54, 1.807) is 0 Å². The molecule has 84 valence electrons. The molecule has 3 nitrogen and oxygen atoms in total. The van der Waals surface area contributed by atoms with E-state index in [1.165, 1.54) is 0 Å². The lowest BCUT2D eigenvalue weighted by Crippen LogP contribution is -2.26. The first-order valence-corrected chi connectivity index (χ1v) is 5.61. The summed E-state index contributed by atoms with van der Waals surface area (Å²) in [5.41, 5.74) is 9.18. The summed E-state index contributed by atoms with van der Waals surface area (Å²) < 4.78 is 0. The zero-order valence-corrected chi connectivity index (χ0v) is 9.26. The second-order valence-corrected chi connectivity index (χ2v) is 4.23. The summed E-state index contributed by atoms with van der Waals surface area (Å²) in [5.74, 6) is 0.00658. The number of aromatic nitrogens is 1. The lowest BCUT2D eigenvalue weighted by molar-refractivity contribution is 0.0974. The number of nitrogens with zero attached hydrogens (tertiary/aromatic N) is 1. The Bertz CT molecular complexity index is 578. The van der Waals surface area contributed by atoms with Crippen LogP contribution in [0.5, 0.6) is 0 Å². The zero-order chi connectivity index (χ0) is 11.8. The van der Waals surface area contributed by atoms with Gasteiger partial charge in [0.05, 0.1) is 17.4 Å². The van der Waals surface area contributed by atoms with Crippen molar-refractivity contribution in [2.24, 2.45) is 5.73 Å². The van der Waals surface area contributed by atoms with Crippen LogP contribution in [0, 0.1) is 0 Å². The largest absolute Gasteiger partial charge is 0.321 e. The van der Waals surface area contributed by atoms with Gasteiger partial charge in [-0.1, -0.05) is 30.3 Å². The molecule has 1 aliphatic rings. The van der Waals surface area contributed by atoms with Crippen molar-refractivity contribution in [3.63, 3.8) is 0 Å². The zero-order valence-electron chi connectivity index (χ0n) is 9.26. The minimum atomic E-state index is -0.413. The van der Waals surface area contributed by atoms with E-state index < -0.39 is 6.04 Å². The number of nitrogens with two attached hydrogens (primary N) is 1. The fourth-order valence-electron chi connectivity index (χ4n) is 2.15. The van der Waals surface area contributed by atoms with Crippen molar-refractivity contribution in [3.05, 3.63) is 53.7 Å². The van der Waals surface area contributed by atoms with E-state index in [2.05, 4.69) is 4.98 Å². The van der Waals surface area contributed by atoms with E-state index in [-0.39, 0.29) is 5.78 Å². The summed E-state index contributed by atoms with van der Waals surface area (Å²) in [5, 5.41) is 0. The van der Waals surface area contributed by atoms with Crippen molar-refractivity contribution in [1.82, 2.24) is 4.98 Å². The number of Topliss-reactive ketones (excluding diaryl/α,β-unsaturated/α-hetero) is 1. The van der Waals surface area contributed by atoms with Gasteiger partial charge in [0, 0.05) is 17.5 Å². The predicted octanol–water partition coefficient (Wildman–Crippen LogP) is 1.81. The normalized spacial score (nSPS) is 18.2. The monoisotopic (exact) mass is 224 g/mol. The molecule has 1 aromatic carbocycles. The molecule has 0 aliphatic heterocycles. The predicted molar refractivity (Wildman–Crippen MR) is 65.7 cm³/mol. The highest BCUT2D eigenvalue weighted by Gasteiger charge is 2.28. The van der Waals surface area contributed by atoms with Crippen LogP contribution in [0.15, 0.2) is 42.5 Å². The molecular weight excluding hydrogens is 212 g/mol. The Morgan fingerprint density at radius 3 is 2.65 bits per heavy atom. The van der Waals surface area contributed by atoms with Gasteiger partial charge in [0.1, 0.15) is 0 Å². The summed E-state index contributed by atoms with van der Waals surface area (Å²) >= 11 is 0. The molecular formula is C14H12N2O. The van der Waals surface area contributed by atoms with Crippen LogP contribution in [0.2, 0.25) is 0 Å². The van der Waals surface area contributed by atoms with Crippen LogP contribution < -0.4 is 5.73 Å². The van der Waals surface area contributed by atoms with Gasteiger partial charge in [-0.25, -0.2) is 0 Å². The summed E-state index contributed by atoms with van der Waals surface area (Å²) in [7, 11) is 0. The Morgan fingerprint density at radius 1 is 1.12 bits per heavy atom. The average Bonchev–Trinajstić information content (AvgIpc) is 2.66. The molecule has 0 saturated carbocycles. The number of hydrogen-bond donors (Lipinski definition) is 1. The smallest absolute Gasteiger partial charge is 0.181 e. The Hall–Kier alpha value is -2.00. The molecule has 0 amide bonds. The van der Waals surface area contributed by atoms with Crippen LogP contribution in [0.1, 0.15) is 16.1 Å². The van der Waals surface area contributed by atoms with Crippen molar-refractivity contribution in [3.8, 4) is 11.3 Å². The first kappa shape index (κ1) is 10.2. The van der Waals surface area contributed by atoms with Gasteiger partial charge in [-0.05, 0) is 12.1 Å². The molecule has 0 fully saturated rings. The molecule has 1 unspecified atom stereocenters. The summed E-state index contributed by atoms with van der Waals surface area (Å²) in [6.45, 7) is 0. The van der Waals surface area contributed by atoms with Crippen molar-refractivity contribution < 1.29 is 4.79 Å². The van der Waals surface area contributed by atoms with Gasteiger partial charge < -0.3 is 5.73 Å². The highest BCUT2D eigenvalue weighted by Crippen LogP contribution is 2.24. The summed E-state index contributed by atoms with van der Waals surface area (Å²) in [6, 6.07) is 13.2. The second kappa shape index (κ2) is 3.79. The molecule has 3 heteroatoms. The Morgan fingerprint density at radius 2 is 1.88 bits per heavy atom. The molecule has 0 saturated heterocycles. The number of carbonyl (C=O) groups excluding carboxylic acids is 1. The van der Waals surface area contributed by atoms with Crippen LogP contribution in [-0.2, 0) is 6.42 Å². The highest BCUT2D eigenvalue weighted by atomic mass is 16.1. The lowest BCUT2D eigenvalue weighted by Gasteiger charge is -2.02.